The molecule has 1 heteroatoms. The first-order valence-electron chi connectivity index (χ1n) is 6.95. The fourth-order valence-corrected chi connectivity index (χ4v) is 2.48. The van der Waals surface area contributed by atoms with Crippen LogP contribution < -0.4 is 0 Å². The lowest BCUT2D eigenvalue weighted by Crippen LogP contribution is -2.37. The van der Waals surface area contributed by atoms with Gasteiger partial charge in [0.25, 0.3) is 0 Å². The molecule has 0 nitrogen and oxygen atoms in total. The topological polar surface area (TPSA) is 0 Å². The summed E-state index contributed by atoms with van der Waals surface area (Å²) < 4.78 is 0. The Kier molecular flexibility index (Phi) is 9.66. The van der Waals surface area contributed by atoms with Crippen LogP contribution in [0.3, 0.4) is 0 Å². The third-order valence-electron chi connectivity index (χ3n) is 3.79. The minimum Gasteiger partial charge on any atom is -0.133 e. The summed E-state index contributed by atoms with van der Waals surface area (Å²) in [6.07, 6.45) is 7.03. The van der Waals surface area contributed by atoms with Crippen LogP contribution in [0.25, 0.3) is 0 Å². The molecule has 0 aliphatic heterocycles. The van der Waals surface area contributed by atoms with Crippen molar-refractivity contribution in [3.8, 4) is 0 Å². The third-order valence-corrected chi connectivity index (χ3v) is 5.53. The average molecular weight is 268 g/mol. The molecule has 0 rings (SSSR count). The van der Waals surface area contributed by atoms with Gasteiger partial charge >= 0.3 is 0 Å². The van der Waals surface area contributed by atoms with E-state index in [2.05, 4.69) is 63.1 Å². The molecule has 0 aromatic heterocycles. The van der Waals surface area contributed by atoms with Gasteiger partial charge in [-0.1, -0.05) is 86.3 Å². The lowest BCUT2D eigenvalue weighted by molar-refractivity contribution is 0.237. The van der Waals surface area contributed by atoms with Crippen molar-refractivity contribution >= 4 is 9.24 Å². The van der Waals surface area contributed by atoms with Crippen LogP contribution >= 0.6 is 9.24 Å². The van der Waals surface area contributed by atoms with E-state index >= 15 is 0 Å². The molecule has 18 heavy (non-hydrogen) atoms. The van der Waals surface area contributed by atoms with Crippen LogP contribution in [0.2, 0.25) is 0 Å². The molecule has 2 unspecified atom stereocenters. The van der Waals surface area contributed by atoms with Crippen molar-refractivity contribution in [2.45, 2.75) is 60.5 Å². The highest BCUT2D eigenvalue weighted by Gasteiger charge is 2.37. The highest BCUT2D eigenvalue weighted by Crippen LogP contribution is 2.46. The first kappa shape index (κ1) is 20.0. The van der Waals surface area contributed by atoms with E-state index in [-0.39, 0.29) is 5.41 Å². The molecular weight excluding hydrogens is 235 g/mol. The molecule has 0 spiro atoms. The standard InChI is InChI=1S/C15H27P.C2H6/c1-8-11-12(9-2)15(6,7)13(16)14(4,5)10-3;1-2/h8-9,11,13H,1-2,10,16H2,3-7H3;1-2H3/b12-11+;. The molecule has 2 atom stereocenters. The SMILES string of the molecule is C=C/C=C(\C=C)C(C)(C)C(P)C(C)(C)CC.CC. The summed E-state index contributed by atoms with van der Waals surface area (Å²) >= 11 is 0. The van der Waals surface area contributed by atoms with Crippen molar-refractivity contribution < 1.29 is 0 Å². The highest BCUT2D eigenvalue weighted by molar-refractivity contribution is 7.17. The molecule has 0 bridgehead atoms. The van der Waals surface area contributed by atoms with Gasteiger partial charge in [-0.25, -0.2) is 0 Å². The maximum absolute atomic E-state index is 3.91. The molecule has 0 aromatic carbocycles. The van der Waals surface area contributed by atoms with E-state index in [1.54, 1.807) is 0 Å². The van der Waals surface area contributed by atoms with Crippen LogP contribution in [0.15, 0.2) is 37.0 Å². The van der Waals surface area contributed by atoms with Crippen molar-refractivity contribution in [3.05, 3.63) is 37.0 Å². The molecule has 0 aliphatic carbocycles. The van der Waals surface area contributed by atoms with Crippen molar-refractivity contribution in [3.63, 3.8) is 0 Å². The van der Waals surface area contributed by atoms with Crippen LogP contribution in [-0.4, -0.2) is 5.66 Å². The molecule has 0 N–H and O–H groups in total. The van der Waals surface area contributed by atoms with Crippen LogP contribution in [0.4, 0.5) is 0 Å². The zero-order chi connectivity index (χ0) is 15.0. The molecule has 0 amide bonds. The smallest absolute Gasteiger partial charge is 0.00360 e. The Morgan fingerprint density at radius 1 is 1.17 bits per heavy atom. The van der Waals surface area contributed by atoms with Gasteiger partial charge in [0.2, 0.25) is 0 Å². The Labute approximate surface area is 118 Å². The Bertz CT molecular complexity index is 282. The summed E-state index contributed by atoms with van der Waals surface area (Å²) in [5, 5.41) is 0. The fourth-order valence-electron chi connectivity index (χ4n) is 2.05. The van der Waals surface area contributed by atoms with Gasteiger partial charge < -0.3 is 0 Å². The van der Waals surface area contributed by atoms with Crippen LogP contribution in [0, 0.1) is 10.8 Å². The number of allylic oxidation sites excluding steroid dienone is 4. The van der Waals surface area contributed by atoms with Crippen molar-refractivity contribution in [1.29, 1.82) is 0 Å². The summed E-state index contributed by atoms with van der Waals surface area (Å²) in [4.78, 5) is 0. The van der Waals surface area contributed by atoms with Gasteiger partial charge in [0.05, 0.1) is 0 Å². The molecule has 0 saturated carbocycles. The molecule has 0 aliphatic rings. The van der Waals surface area contributed by atoms with E-state index in [1.807, 2.05) is 26.0 Å². The van der Waals surface area contributed by atoms with Crippen LogP contribution in [0.1, 0.15) is 54.9 Å². The van der Waals surface area contributed by atoms with Crippen molar-refractivity contribution in [2.75, 3.05) is 0 Å². The number of hydrogen-bond acceptors (Lipinski definition) is 0. The Hall–Kier alpha value is -0.350. The Balaban J connectivity index is 0. The van der Waals surface area contributed by atoms with Gasteiger partial charge in [0.1, 0.15) is 0 Å². The second kappa shape index (κ2) is 8.70. The monoisotopic (exact) mass is 268 g/mol. The quantitative estimate of drug-likeness (QED) is 0.408. The van der Waals surface area contributed by atoms with Crippen LogP contribution in [-0.2, 0) is 0 Å². The molecule has 0 heterocycles. The van der Waals surface area contributed by atoms with E-state index in [9.17, 15) is 0 Å². The summed E-state index contributed by atoms with van der Waals surface area (Å²) in [5.41, 5.74) is 2.16. The second-order valence-electron chi connectivity index (χ2n) is 5.60. The normalized spacial score (nSPS) is 14.3. The summed E-state index contributed by atoms with van der Waals surface area (Å²) in [6, 6.07) is 0. The van der Waals surface area contributed by atoms with Gasteiger partial charge in [-0.15, -0.1) is 9.24 Å². The molecule has 0 aromatic rings. The van der Waals surface area contributed by atoms with Crippen molar-refractivity contribution in [2.24, 2.45) is 10.8 Å². The van der Waals surface area contributed by atoms with Gasteiger partial charge in [-0.2, -0.15) is 0 Å². The second-order valence-corrected chi connectivity index (χ2v) is 6.27. The zero-order valence-electron chi connectivity index (χ0n) is 13.5. The number of rotatable bonds is 6. The lowest BCUT2D eigenvalue weighted by Gasteiger charge is -2.43. The number of hydrogen-bond donors (Lipinski definition) is 0. The molecule has 0 fully saturated rings. The van der Waals surface area contributed by atoms with Gasteiger partial charge in [-0.3, -0.25) is 0 Å². The average Bonchev–Trinajstić information content (AvgIpc) is 2.36. The van der Waals surface area contributed by atoms with E-state index < -0.39 is 0 Å². The summed E-state index contributed by atoms with van der Waals surface area (Å²) in [7, 11) is 3.02. The van der Waals surface area contributed by atoms with E-state index in [1.165, 1.54) is 12.0 Å². The molecule has 0 radical (unpaired) electrons. The largest absolute Gasteiger partial charge is 0.133 e. The first-order chi connectivity index (χ1) is 8.23. The Morgan fingerprint density at radius 3 is 1.89 bits per heavy atom. The zero-order valence-corrected chi connectivity index (χ0v) is 14.7. The Morgan fingerprint density at radius 2 is 1.61 bits per heavy atom. The minimum absolute atomic E-state index is 0.0973. The predicted octanol–water partition coefficient (Wildman–Crippen LogP) is 6.02. The summed E-state index contributed by atoms with van der Waals surface area (Å²) in [6.45, 7) is 23.1. The van der Waals surface area contributed by atoms with Crippen LogP contribution in [0.5, 0.6) is 0 Å². The maximum atomic E-state index is 3.91. The fraction of sp³-hybridized carbons (Fsp3) is 0.647. The van der Waals surface area contributed by atoms with E-state index in [4.69, 9.17) is 0 Å². The molecule has 106 valence electrons. The highest BCUT2D eigenvalue weighted by atomic mass is 31.0. The van der Waals surface area contributed by atoms with Gasteiger partial charge in [-0.05, 0) is 22.1 Å². The third kappa shape index (κ3) is 5.11. The molecular formula is C17H33P. The molecule has 0 saturated heterocycles. The minimum atomic E-state index is 0.0973. The maximum Gasteiger partial charge on any atom is -0.00360 e. The summed E-state index contributed by atoms with van der Waals surface area (Å²) in [5.74, 6) is 0. The van der Waals surface area contributed by atoms with Gasteiger partial charge in [0.15, 0.2) is 0 Å². The predicted molar refractivity (Wildman–Crippen MR) is 91.2 cm³/mol. The first-order valence-corrected chi connectivity index (χ1v) is 7.62. The van der Waals surface area contributed by atoms with E-state index in [0.717, 1.165) is 0 Å². The van der Waals surface area contributed by atoms with Crippen molar-refractivity contribution in [1.82, 2.24) is 0 Å². The lowest BCUT2D eigenvalue weighted by atomic mass is 9.69. The van der Waals surface area contributed by atoms with E-state index in [0.29, 0.717) is 11.1 Å². The van der Waals surface area contributed by atoms with Gasteiger partial charge in [0, 0.05) is 0 Å².